The summed E-state index contributed by atoms with van der Waals surface area (Å²) in [6.07, 6.45) is 22.0. The Morgan fingerprint density at radius 2 is 1.80 bits per heavy atom. The maximum Gasteiger partial charge on any atom is -0.0114 e. The monoisotopic (exact) mass is 412 g/mol. The smallest absolute Gasteiger partial charge is 0.0114 e. The topological polar surface area (TPSA) is 0 Å². The van der Waals surface area contributed by atoms with Crippen LogP contribution in [0, 0.1) is 52.3 Å². The van der Waals surface area contributed by atoms with Gasteiger partial charge in [-0.15, -0.1) is 0 Å². The number of fused-ring (bicyclic) bond motifs is 4. The summed E-state index contributed by atoms with van der Waals surface area (Å²) in [6, 6.07) is 0. The SMILES string of the molecule is CC(C)CCC[C@@H](C)[C@H]1CC[C@H]2[C@@H]3CC=C4CC(C)CCC[C@]4(C)C[C@H]3CC[C@]12C. The molecule has 0 aliphatic heterocycles. The summed E-state index contributed by atoms with van der Waals surface area (Å²) >= 11 is 0. The minimum atomic E-state index is 0.528. The first kappa shape index (κ1) is 22.9. The van der Waals surface area contributed by atoms with Gasteiger partial charge in [0.15, 0.2) is 0 Å². The molecule has 0 saturated heterocycles. The van der Waals surface area contributed by atoms with Crippen molar-refractivity contribution in [2.24, 2.45) is 52.3 Å². The first-order chi connectivity index (χ1) is 14.2. The third-order valence-electron chi connectivity index (χ3n) is 10.9. The molecule has 3 saturated carbocycles. The number of rotatable bonds is 5. The Balaban J connectivity index is 1.49. The van der Waals surface area contributed by atoms with E-state index in [-0.39, 0.29) is 0 Å². The second kappa shape index (κ2) is 8.94. The van der Waals surface area contributed by atoms with Gasteiger partial charge < -0.3 is 0 Å². The van der Waals surface area contributed by atoms with Gasteiger partial charge in [-0.05, 0) is 104 Å². The first-order valence-corrected chi connectivity index (χ1v) is 13.9. The zero-order valence-electron chi connectivity index (χ0n) is 21.3. The van der Waals surface area contributed by atoms with Crippen LogP contribution in [0.3, 0.4) is 0 Å². The van der Waals surface area contributed by atoms with Crippen LogP contribution in [0.4, 0.5) is 0 Å². The number of allylic oxidation sites excluding steroid dienone is 2. The fourth-order valence-corrected chi connectivity index (χ4v) is 9.15. The van der Waals surface area contributed by atoms with Crippen LogP contribution >= 0.6 is 0 Å². The highest BCUT2D eigenvalue weighted by Crippen LogP contribution is 2.64. The predicted molar refractivity (Wildman–Crippen MR) is 131 cm³/mol. The van der Waals surface area contributed by atoms with E-state index in [0.29, 0.717) is 10.8 Å². The molecular weight excluding hydrogens is 360 g/mol. The molecule has 1 unspecified atom stereocenters. The van der Waals surface area contributed by atoms with Crippen LogP contribution in [0.5, 0.6) is 0 Å². The maximum atomic E-state index is 2.80. The molecule has 0 aromatic carbocycles. The Morgan fingerprint density at radius 1 is 1.00 bits per heavy atom. The van der Waals surface area contributed by atoms with Crippen LogP contribution in [0.1, 0.15) is 125 Å². The summed E-state index contributed by atoms with van der Waals surface area (Å²) in [4.78, 5) is 0. The molecule has 3 fully saturated rings. The molecule has 0 aromatic rings. The fourth-order valence-electron chi connectivity index (χ4n) is 9.15. The normalized spacial score (nSPS) is 45.0. The fraction of sp³-hybridized carbons (Fsp3) is 0.933. The Bertz CT molecular complexity index is 614. The van der Waals surface area contributed by atoms with Crippen LogP contribution in [-0.4, -0.2) is 0 Å². The molecule has 0 N–H and O–H groups in total. The largest absolute Gasteiger partial charge is 0.0845 e. The van der Waals surface area contributed by atoms with Crippen LogP contribution in [0.25, 0.3) is 0 Å². The lowest BCUT2D eigenvalue weighted by atomic mass is 9.54. The Hall–Kier alpha value is -0.260. The Labute approximate surface area is 189 Å². The minimum Gasteiger partial charge on any atom is -0.0845 e. The van der Waals surface area contributed by atoms with E-state index in [0.717, 1.165) is 41.4 Å². The highest BCUT2D eigenvalue weighted by atomic mass is 14.6. The Kier molecular flexibility index (Phi) is 6.83. The van der Waals surface area contributed by atoms with E-state index in [2.05, 4.69) is 47.6 Å². The molecule has 0 spiro atoms. The molecule has 4 aliphatic carbocycles. The number of hydrogen-bond donors (Lipinski definition) is 0. The zero-order valence-corrected chi connectivity index (χ0v) is 21.3. The molecule has 4 rings (SSSR count). The van der Waals surface area contributed by atoms with Crippen molar-refractivity contribution < 1.29 is 0 Å². The first-order valence-electron chi connectivity index (χ1n) is 13.9. The molecule has 0 radical (unpaired) electrons. The lowest BCUT2D eigenvalue weighted by Crippen LogP contribution is -2.43. The lowest BCUT2D eigenvalue weighted by molar-refractivity contribution is -0.0122. The summed E-state index contributed by atoms with van der Waals surface area (Å²) in [6.45, 7) is 15.3. The van der Waals surface area contributed by atoms with Crippen LogP contribution < -0.4 is 0 Å². The molecule has 0 bridgehead atoms. The number of hydrogen-bond acceptors (Lipinski definition) is 0. The van der Waals surface area contributed by atoms with Gasteiger partial charge in [-0.3, -0.25) is 0 Å². The molecular formula is C30H52. The van der Waals surface area contributed by atoms with Gasteiger partial charge in [-0.1, -0.05) is 85.3 Å². The van der Waals surface area contributed by atoms with Crippen LogP contribution in [-0.2, 0) is 0 Å². The van der Waals surface area contributed by atoms with Crippen LogP contribution in [0.2, 0.25) is 0 Å². The quantitative estimate of drug-likeness (QED) is 0.394. The highest BCUT2D eigenvalue weighted by Gasteiger charge is 2.55. The molecule has 8 atom stereocenters. The molecule has 0 heterocycles. The van der Waals surface area contributed by atoms with E-state index in [1.165, 1.54) is 83.5 Å². The minimum absolute atomic E-state index is 0.528. The Morgan fingerprint density at radius 3 is 2.57 bits per heavy atom. The average Bonchev–Trinajstić information content (AvgIpc) is 2.87. The van der Waals surface area contributed by atoms with E-state index in [4.69, 9.17) is 0 Å². The molecule has 0 aromatic heterocycles. The summed E-state index contributed by atoms with van der Waals surface area (Å²) in [5.74, 6) is 6.71. The second-order valence-electron chi connectivity index (χ2n) is 13.5. The van der Waals surface area contributed by atoms with Gasteiger partial charge in [0.25, 0.3) is 0 Å². The van der Waals surface area contributed by atoms with Gasteiger partial charge >= 0.3 is 0 Å². The lowest BCUT2D eigenvalue weighted by Gasteiger charge is -2.50. The summed E-state index contributed by atoms with van der Waals surface area (Å²) < 4.78 is 0. The van der Waals surface area contributed by atoms with E-state index < -0.39 is 0 Å². The van der Waals surface area contributed by atoms with Crippen molar-refractivity contribution in [3.8, 4) is 0 Å². The van der Waals surface area contributed by atoms with Crippen molar-refractivity contribution in [2.45, 2.75) is 125 Å². The maximum absolute atomic E-state index is 2.80. The third-order valence-corrected chi connectivity index (χ3v) is 10.9. The van der Waals surface area contributed by atoms with Crippen molar-refractivity contribution in [3.05, 3.63) is 11.6 Å². The van der Waals surface area contributed by atoms with Gasteiger partial charge in [0.2, 0.25) is 0 Å². The zero-order chi connectivity index (χ0) is 21.5. The van der Waals surface area contributed by atoms with Crippen molar-refractivity contribution >= 4 is 0 Å². The summed E-state index contributed by atoms with van der Waals surface area (Å²) in [5, 5.41) is 0. The van der Waals surface area contributed by atoms with E-state index >= 15 is 0 Å². The highest BCUT2D eigenvalue weighted by molar-refractivity contribution is 5.20. The van der Waals surface area contributed by atoms with Crippen molar-refractivity contribution in [2.75, 3.05) is 0 Å². The van der Waals surface area contributed by atoms with Crippen LogP contribution in [0.15, 0.2) is 11.6 Å². The van der Waals surface area contributed by atoms with E-state index in [1.54, 1.807) is 0 Å². The van der Waals surface area contributed by atoms with Crippen molar-refractivity contribution in [1.29, 1.82) is 0 Å². The van der Waals surface area contributed by atoms with Gasteiger partial charge in [0, 0.05) is 0 Å². The third kappa shape index (κ3) is 4.32. The average molecular weight is 413 g/mol. The van der Waals surface area contributed by atoms with E-state index in [9.17, 15) is 0 Å². The molecule has 0 heteroatoms. The van der Waals surface area contributed by atoms with Crippen molar-refractivity contribution in [1.82, 2.24) is 0 Å². The molecule has 4 aliphatic rings. The molecule has 0 amide bonds. The summed E-state index contributed by atoms with van der Waals surface area (Å²) in [5.41, 5.74) is 3.04. The van der Waals surface area contributed by atoms with E-state index in [1.807, 2.05) is 5.57 Å². The second-order valence-corrected chi connectivity index (χ2v) is 13.5. The predicted octanol–water partition coefficient (Wildman–Crippen LogP) is 9.44. The van der Waals surface area contributed by atoms with Gasteiger partial charge in [0.05, 0.1) is 0 Å². The van der Waals surface area contributed by atoms with Gasteiger partial charge in [0.1, 0.15) is 0 Å². The molecule has 0 nitrogen and oxygen atoms in total. The molecule has 30 heavy (non-hydrogen) atoms. The summed E-state index contributed by atoms with van der Waals surface area (Å²) in [7, 11) is 0. The molecule has 172 valence electrons. The van der Waals surface area contributed by atoms with Gasteiger partial charge in [-0.2, -0.15) is 0 Å². The van der Waals surface area contributed by atoms with Gasteiger partial charge in [-0.25, -0.2) is 0 Å². The van der Waals surface area contributed by atoms with Crippen molar-refractivity contribution in [3.63, 3.8) is 0 Å². The standard InChI is InChI=1S/C30H52/c1-21(2)9-7-11-23(4)27-14-15-28-26-13-12-25-19-22(3)10-8-17-29(25,5)20-24(26)16-18-30(27,28)6/h12,21-24,26-28H,7-11,13-20H2,1-6H3/t22?,23-,24-,26-,27-,28+,29-,30-/m1/s1.